The maximum absolute atomic E-state index is 12.4. The number of aliphatic hydroxyl groups is 1. The van der Waals surface area contributed by atoms with Crippen molar-refractivity contribution in [3.63, 3.8) is 0 Å². The number of anilines is 1. The van der Waals surface area contributed by atoms with Crippen molar-refractivity contribution in [1.29, 1.82) is 0 Å². The van der Waals surface area contributed by atoms with Crippen molar-refractivity contribution in [1.82, 2.24) is 0 Å². The Morgan fingerprint density at radius 1 is 1.44 bits per heavy atom. The van der Waals surface area contributed by atoms with E-state index < -0.39 is 17.8 Å². The van der Waals surface area contributed by atoms with E-state index in [1.807, 2.05) is 0 Å². The molecule has 0 spiro atoms. The van der Waals surface area contributed by atoms with Crippen LogP contribution in [-0.2, 0) is 10.9 Å². The molecule has 18 heavy (non-hydrogen) atoms. The number of ether oxygens (including phenoxy) is 1. The Kier molecular flexibility index (Phi) is 4.80. The van der Waals surface area contributed by atoms with Gasteiger partial charge in [-0.2, -0.15) is 13.2 Å². The van der Waals surface area contributed by atoms with Crippen LogP contribution in [0.25, 0.3) is 0 Å². The first kappa shape index (κ1) is 14.6. The molecule has 100 valence electrons. The first-order chi connectivity index (χ1) is 8.34. The van der Waals surface area contributed by atoms with E-state index in [1.165, 1.54) is 0 Å². The summed E-state index contributed by atoms with van der Waals surface area (Å²) < 4.78 is 41.7. The third-order valence-electron chi connectivity index (χ3n) is 1.85. The molecule has 0 unspecified atom stereocenters. The molecule has 0 saturated heterocycles. The largest absolute Gasteiger partial charge is 0.447 e. The average molecular weight is 284 g/mol. The van der Waals surface area contributed by atoms with Gasteiger partial charge < -0.3 is 9.84 Å². The fourth-order valence-corrected chi connectivity index (χ4v) is 1.25. The number of hydrogen-bond donors (Lipinski definition) is 2. The van der Waals surface area contributed by atoms with E-state index in [2.05, 4.69) is 10.1 Å². The molecule has 1 amide bonds. The molecule has 1 aromatic carbocycles. The highest BCUT2D eigenvalue weighted by molar-refractivity contribution is 6.33. The van der Waals surface area contributed by atoms with Gasteiger partial charge in [0, 0.05) is 0 Å². The predicted octanol–water partition coefficient (Wildman–Crippen LogP) is 2.90. The number of carbonyl (C=O) groups excluding carboxylic acids is 1. The molecule has 0 aliphatic rings. The van der Waals surface area contributed by atoms with Gasteiger partial charge in [0.25, 0.3) is 0 Å². The fourth-order valence-electron chi connectivity index (χ4n) is 1.08. The third-order valence-corrected chi connectivity index (χ3v) is 2.18. The molecule has 0 radical (unpaired) electrons. The second kappa shape index (κ2) is 5.92. The smallest absolute Gasteiger partial charge is 0.416 e. The average Bonchev–Trinajstić information content (AvgIpc) is 2.28. The maximum atomic E-state index is 12.4. The van der Waals surface area contributed by atoms with Crippen LogP contribution in [0.2, 0.25) is 5.02 Å². The van der Waals surface area contributed by atoms with Gasteiger partial charge in [-0.05, 0) is 18.2 Å². The second-order valence-electron chi connectivity index (χ2n) is 3.18. The van der Waals surface area contributed by atoms with Gasteiger partial charge in [0.2, 0.25) is 0 Å². The lowest BCUT2D eigenvalue weighted by Gasteiger charge is -2.11. The Hall–Kier alpha value is -1.47. The van der Waals surface area contributed by atoms with Gasteiger partial charge >= 0.3 is 12.3 Å². The molecule has 0 aromatic heterocycles. The van der Waals surface area contributed by atoms with E-state index >= 15 is 0 Å². The summed E-state index contributed by atoms with van der Waals surface area (Å²) in [4.78, 5) is 11.1. The number of nitrogens with one attached hydrogen (secondary N) is 1. The van der Waals surface area contributed by atoms with E-state index in [4.69, 9.17) is 16.7 Å². The van der Waals surface area contributed by atoms with E-state index in [9.17, 15) is 18.0 Å². The number of aliphatic hydroxyl groups excluding tert-OH is 1. The van der Waals surface area contributed by atoms with E-state index in [1.54, 1.807) is 0 Å². The third kappa shape index (κ3) is 4.08. The van der Waals surface area contributed by atoms with Gasteiger partial charge in [-0.25, -0.2) is 4.79 Å². The number of amides is 1. The molecule has 0 atom stereocenters. The highest BCUT2D eigenvalue weighted by Crippen LogP contribution is 2.33. The summed E-state index contributed by atoms with van der Waals surface area (Å²) in [6.07, 6.45) is -5.53. The number of alkyl halides is 3. The molecule has 0 bridgehead atoms. The lowest BCUT2D eigenvalue weighted by atomic mass is 10.2. The highest BCUT2D eigenvalue weighted by Gasteiger charge is 2.31. The van der Waals surface area contributed by atoms with Gasteiger partial charge in [-0.3, -0.25) is 5.32 Å². The molecular formula is C10H9ClF3NO3. The summed E-state index contributed by atoms with van der Waals surface area (Å²) in [5.74, 6) is 0. The quantitative estimate of drug-likeness (QED) is 0.897. The zero-order chi connectivity index (χ0) is 13.8. The van der Waals surface area contributed by atoms with Gasteiger partial charge in [-0.1, -0.05) is 11.6 Å². The first-order valence-corrected chi connectivity index (χ1v) is 5.14. The molecule has 0 aliphatic heterocycles. The van der Waals surface area contributed by atoms with E-state index in [0.29, 0.717) is 6.07 Å². The van der Waals surface area contributed by atoms with Crippen LogP contribution in [0.15, 0.2) is 18.2 Å². The molecule has 4 nitrogen and oxygen atoms in total. The van der Waals surface area contributed by atoms with Crippen LogP contribution >= 0.6 is 11.6 Å². The Balaban J connectivity index is 2.85. The highest BCUT2D eigenvalue weighted by atomic mass is 35.5. The second-order valence-corrected chi connectivity index (χ2v) is 3.58. The van der Waals surface area contributed by atoms with Gasteiger partial charge in [-0.15, -0.1) is 0 Å². The number of halogens is 4. The summed E-state index contributed by atoms with van der Waals surface area (Å²) in [5.41, 5.74) is -1.15. The normalized spacial score (nSPS) is 11.2. The molecule has 8 heteroatoms. The topological polar surface area (TPSA) is 58.6 Å². The lowest BCUT2D eigenvalue weighted by Crippen LogP contribution is -2.16. The summed E-state index contributed by atoms with van der Waals surface area (Å²) >= 11 is 5.64. The summed E-state index contributed by atoms with van der Waals surface area (Å²) in [6, 6.07) is 2.52. The Morgan fingerprint density at radius 3 is 2.67 bits per heavy atom. The van der Waals surface area contributed by atoms with Gasteiger partial charge in [0.05, 0.1) is 22.9 Å². The fraction of sp³-hybridized carbons (Fsp3) is 0.300. The van der Waals surface area contributed by atoms with Crippen molar-refractivity contribution in [2.75, 3.05) is 18.5 Å². The zero-order valence-corrected chi connectivity index (χ0v) is 9.68. The van der Waals surface area contributed by atoms with Crippen LogP contribution < -0.4 is 5.32 Å². The molecule has 2 N–H and O–H groups in total. The SMILES string of the molecule is O=C(Nc1cc(C(F)(F)F)ccc1Cl)OCCO. The first-order valence-electron chi connectivity index (χ1n) is 4.76. The number of benzene rings is 1. The van der Waals surface area contributed by atoms with E-state index in [0.717, 1.165) is 12.1 Å². The summed E-state index contributed by atoms with van der Waals surface area (Å²) in [5, 5.41) is 10.4. The number of carbonyl (C=O) groups is 1. The van der Waals surface area contributed by atoms with Crippen molar-refractivity contribution in [2.24, 2.45) is 0 Å². The minimum atomic E-state index is -4.53. The van der Waals surface area contributed by atoms with Crippen molar-refractivity contribution < 1.29 is 27.8 Å². The maximum Gasteiger partial charge on any atom is 0.416 e. The number of hydrogen-bond acceptors (Lipinski definition) is 3. The van der Waals surface area contributed by atoms with Crippen molar-refractivity contribution >= 4 is 23.4 Å². The van der Waals surface area contributed by atoms with Crippen molar-refractivity contribution in [2.45, 2.75) is 6.18 Å². The van der Waals surface area contributed by atoms with Crippen molar-refractivity contribution in [3.8, 4) is 0 Å². The molecule has 1 rings (SSSR count). The Morgan fingerprint density at radius 2 is 2.11 bits per heavy atom. The van der Waals surface area contributed by atoms with Crippen LogP contribution in [-0.4, -0.2) is 24.4 Å². The van der Waals surface area contributed by atoms with Crippen LogP contribution in [0, 0.1) is 0 Å². The number of rotatable bonds is 3. The Bertz CT molecular complexity index is 437. The molecular weight excluding hydrogens is 275 g/mol. The lowest BCUT2D eigenvalue weighted by molar-refractivity contribution is -0.137. The Labute approximate surface area is 105 Å². The molecule has 0 saturated carbocycles. The molecule has 0 aliphatic carbocycles. The minimum absolute atomic E-state index is 0.0519. The molecule has 1 aromatic rings. The predicted molar refractivity (Wildman–Crippen MR) is 58.5 cm³/mol. The summed E-state index contributed by atoms with van der Waals surface area (Å²) in [6.45, 7) is -0.647. The van der Waals surface area contributed by atoms with Crippen LogP contribution in [0.4, 0.5) is 23.7 Å². The van der Waals surface area contributed by atoms with Crippen LogP contribution in [0.1, 0.15) is 5.56 Å². The standard InChI is InChI=1S/C10H9ClF3NO3/c11-7-2-1-6(10(12,13)14)5-8(7)15-9(17)18-4-3-16/h1-2,5,16H,3-4H2,(H,15,17). The molecule has 0 fully saturated rings. The van der Waals surface area contributed by atoms with Crippen LogP contribution in [0.5, 0.6) is 0 Å². The summed E-state index contributed by atoms with van der Waals surface area (Å²) in [7, 11) is 0. The van der Waals surface area contributed by atoms with Gasteiger partial charge in [0.15, 0.2) is 0 Å². The molecule has 0 heterocycles. The van der Waals surface area contributed by atoms with E-state index in [-0.39, 0.29) is 23.9 Å². The van der Waals surface area contributed by atoms with Crippen molar-refractivity contribution in [3.05, 3.63) is 28.8 Å². The minimum Gasteiger partial charge on any atom is -0.447 e. The monoisotopic (exact) mass is 283 g/mol. The zero-order valence-electron chi connectivity index (χ0n) is 8.92. The van der Waals surface area contributed by atoms with Crippen LogP contribution in [0.3, 0.4) is 0 Å². The van der Waals surface area contributed by atoms with Gasteiger partial charge in [0.1, 0.15) is 6.61 Å².